The Balaban J connectivity index is 1.07. The molecular weight excluding hydrogens is 1060 g/mol. The molecule has 0 unspecified atom stereocenters. The predicted octanol–water partition coefficient (Wildman–Crippen LogP) is 16.4. The summed E-state index contributed by atoms with van der Waals surface area (Å²) in [5.74, 6) is 1.56. The molecule has 9 aromatic carbocycles. The standard InChI is InChI=1S/C65H47N5O.Pt/c1-43-30-33-59-56(36-43)53-32-31-50(41-62(53)70(59)63-37-46(34-35-66-63)65(2,3)4)71-49-23-17-22-47(38-49)67-42-68(61-29-16-15-28-60(61)67)64-54(44-18-7-5-8-19-44)39-48(40-55(64)45-20-9-6-10-21-45)69-57-26-13-11-24-51(57)52-25-12-14-27-58(52)69;/h5-37,39-40H,1-4H3;/q-2;/i5D,6D,7D,8D,9D,10D,18D,19D,20D,21D;. The summed E-state index contributed by atoms with van der Waals surface area (Å²) in [7, 11) is 0. The van der Waals surface area contributed by atoms with Crippen molar-refractivity contribution in [1.29, 1.82) is 0 Å². The van der Waals surface area contributed by atoms with Crippen molar-refractivity contribution in [2.75, 3.05) is 0 Å². The summed E-state index contributed by atoms with van der Waals surface area (Å²) < 4.78 is 107. The first kappa shape index (κ1) is 34.1. The number of aryl methyl sites for hydroxylation is 1. The van der Waals surface area contributed by atoms with Gasteiger partial charge in [-0.2, -0.15) is 0 Å². The minimum atomic E-state index is -0.584. The zero-order valence-electron chi connectivity index (χ0n) is 49.4. The number of pyridine rings is 1. The molecule has 0 radical (unpaired) electrons. The molecule has 0 aliphatic rings. The third-order valence-corrected chi connectivity index (χ3v) is 14.3. The molecule has 0 amide bonds. The van der Waals surface area contributed by atoms with Crippen LogP contribution < -0.4 is 4.74 Å². The third kappa shape index (κ3) is 7.28. The number of hydrogen-bond acceptors (Lipinski definition) is 2. The van der Waals surface area contributed by atoms with Gasteiger partial charge in [0.2, 0.25) is 0 Å². The van der Waals surface area contributed by atoms with E-state index in [4.69, 9.17) is 17.9 Å². The monoisotopic (exact) mass is 1120 g/mol. The molecular formula is C65H47N5OPt-2. The second kappa shape index (κ2) is 17.2. The fraction of sp³-hybridized carbons (Fsp3) is 0.0769. The van der Waals surface area contributed by atoms with E-state index in [9.17, 15) is 5.48 Å². The Labute approximate surface area is 442 Å². The molecule has 0 bridgehead atoms. The Morgan fingerprint density at radius 2 is 1.12 bits per heavy atom. The topological polar surface area (TPSA) is 41.8 Å². The molecule has 13 rings (SSSR count). The van der Waals surface area contributed by atoms with Crippen LogP contribution in [0.1, 0.15) is 45.6 Å². The first-order valence-corrected chi connectivity index (χ1v) is 24.6. The summed E-state index contributed by atoms with van der Waals surface area (Å²) in [4.78, 5) is 4.86. The summed E-state index contributed by atoms with van der Waals surface area (Å²) >= 11 is 2.18. The maximum absolute atomic E-state index is 9.55. The molecule has 4 aromatic heterocycles. The summed E-state index contributed by atoms with van der Waals surface area (Å²) in [6.07, 6.45) is 1.84. The van der Waals surface area contributed by atoms with Crippen molar-refractivity contribution in [3.63, 3.8) is 0 Å². The van der Waals surface area contributed by atoms with E-state index in [1.54, 1.807) is 12.1 Å². The number of rotatable bonds is 8. The van der Waals surface area contributed by atoms with Crippen molar-refractivity contribution in [3.05, 3.63) is 239 Å². The number of aromatic nitrogens is 5. The second-order valence-electron chi connectivity index (χ2n) is 18.8. The molecule has 0 saturated heterocycles. The normalized spacial score (nSPS) is 13.9. The first-order chi connectivity index (χ1) is 39.3. The Kier molecular flexibility index (Phi) is 8.15. The van der Waals surface area contributed by atoms with Crippen LogP contribution in [0.25, 0.3) is 99.8 Å². The Hall–Kier alpha value is -8.31. The van der Waals surface area contributed by atoms with Crippen molar-refractivity contribution in [1.82, 2.24) is 23.3 Å². The van der Waals surface area contributed by atoms with Crippen LogP contribution in [0.4, 0.5) is 0 Å². The fourth-order valence-corrected chi connectivity index (χ4v) is 11.1. The molecule has 13 aromatic rings. The Morgan fingerprint density at radius 1 is 0.528 bits per heavy atom. The molecule has 0 fully saturated rings. The molecule has 0 aliphatic heterocycles. The van der Waals surface area contributed by atoms with Crippen LogP contribution in [-0.4, -0.2) is 23.3 Å². The van der Waals surface area contributed by atoms with E-state index in [1.165, 1.54) is 0 Å². The Bertz CT molecular complexity index is 4750. The van der Waals surface area contributed by atoms with Gasteiger partial charge in [-0.25, -0.2) is 0 Å². The molecule has 0 spiro atoms. The molecule has 6 nitrogen and oxygen atoms in total. The van der Waals surface area contributed by atoms with Crippen LogP contribution in [0.15, 0.2) is 212 Å². The zero-order chi connectivity index (χ0) is 57.4. The van der Waals surface area contributed by atoms with Gasteiger partial charge in [0.25, 0.3) is 0 Å². The van der Waals surface area contributed by atoms with Crippen LogP contribution in [0.5, 0.6) is 11.5 Å². The third-order valence-electron chi connectivity index (χ3n) is 13.3. The fourth-order valence-electron chi connectivity index (χ4n) is 9.98. The van der Waals surface area contributed by atoms with Crippen molar-refractivity contribution < 1.29 is 37.8 Å². The number of hydrogen-bond donors (Lipinski definition) is 0. The number of nitrogens with zero attached hydrogens (tertiary/aromatic N) is 5. The molecule has 72 heavy (non-hydrogen) atoms. The van der Waals surface area contributed by atoms with E-state index in [2.05, 4.69) is 88.0 Å². The minimum absolute atomic E-state index is 0.119. The number of benzene rings is 9. The second-order valence-corrected chi connectivity index (χ2v) is 19.8. The average molecular weight is 1120 g/mol. The molecule has 4 heterocycles. The van der Waals surface area contributed by atoms with Crippen molar-refractivity contribution in [3.8, 4) is 56.6 Å². The van der Waals surface area contributed by atoms with Crippen LogP contribution in [0.3, 0.4) is 0 Å². The molecule has 350 valence electrons. The number of para-hydroxylation sites is 4. The van der Waals surface area contributed by atoms with E-state index in [0.717, 1.165) is 60.6 Å². The molecule has 0 atom stereocenters. The van der Waals surface area contributed by atoms with Gasteiger partial charge in [0.1, 0.15) is 0 Å². The van der Waals surface area contributed by atoms with E-state index in [-0.39, 0.29) is 33.4 Å². The number of fused-ring (bicyclic) bond motifs is 7. The SMILES string of the molecule is [2H]c1c([2H])c([2H])c(-c2cc(-n3c4ccccc4c4ccccc43)cc(-c3c([2H])c([2H])c([2H])c([2H])c3[2H])c2-n2[c](=[Pt])n(-c3[c-]c(Oc4[c-]c5c(cc4)c4cc(C)ccc4n5-c4cc(C(C)(C)C)ccn4)ccc3)c3ccccc32)c([2H])c1[2H]. The van der Waals surface area contributed by atoms with Gasteiger partial charge in [-0.1, -0.05) is 32.4 Å². The average Bonchev–Trinajstić information content (AvgIpc) is 2.53. The summed E-state index contributed by atoms with van der Waals surface area (Å²) in [6.45, 7) is 8.60. The van der Waals surface area contributed by atoms with E-state index in [1.807, 2.05) is 129 Å². The quantitative estimate of drug-likeness (QED) is 0.142. The van der Waals surface area contributed by atoms with Crippen molar-refractivity contribution in [2.24, 2.45) is 0 Å². The summed E-state index contributed by atoms with van der Waals surface area (Å²) in [5.41, 5.74) is 7.87. The Morgan fingerprint density at radius 3 is 1.78 bits per heavy atom. The van der Waals surface area contributed by atoms with E-state index >= 15 is 0 Å². The maximum atomic E-state index is 9.55. The molecule has 0 N–H and O–H groups in total. The molecule has 0 aliphatic carbocycles. The van der Waals surface area contributed by atoms with E-state index in [0.29, 0.717) is 37.7 Å². The van der Waals surface area contributed by atoms with Gasteiger partial charge >= 0.3 is 382 Å². The van der Waals surface area contributed by atoms with Gasteiger partial charge in [-0.05, 0) is 24.0 Å². The summed E-state index contributed by atoms with van der Waals surface area (Å²) in [5, 5.41) is 3.88. The van der Waals surface area contributed by atoms with Gasteiger partial charge in [0.05, 0.1) is 0 Å². The predicted molar refractivity (Wildman–Crippen MR) is 291 cm³/mol. The van der Waals surface area contributed by atoms with E-state index < -0.39 is 60.4 Å². The molecule has 7 heteroatoms. The first-order valence-electron chi connectivity index (χ1n) is 28.5. The van der Waals surface area contributed by atoms with Gasteiger partial charge in [-0.15, -0.1) is 0 Å². The van der Waals surface area contributed by atoms with Crippen LogP contribution in [0.2, 0.25) is 0 Å². The van der Waals surface area contributed by atoms with Crippen LogP contribution in [-0.2, 0) is 24.8 Å². The van der Waals surface area contributed by atoms with Crippen molar-refractivity contribution >= 4 is 54.6 Å². The number of ether oxygens (including phenoxy) is 1. The number of imidazole rings is 1. The zero-order valence-corrected chi connectivity index (χ0v) is 41.7. The van der Waals surface area contributed by atoms with Gasteiger partial charge < -0.3 is 0 Å². The van der Waals surface area contributed by atoms with Crippen LogP contribution in [0, 0.1) is 22.9 Å². The van der Waals surface area contributed by atoms with Crippen molar-refractivity contribution in [2.45, 2.75) is 33.1 Å². The van der Waals surface area contributed by atoms with Gasteiger partial charge in [0, 0.05) is 6.20 Å². The molecule has 0 saturated carbocycles. The van der Waals surface area contributed by atoms with Gasteiger partial charge in [0.15, 0.2) is 0 Å². The summed E-state index contributed by atoms with van der Waals surface area (Å²) in [6, 6.07) is 48.4. The van der Waals surface area contributed by atoms with Crippen LogP contribution >= 0.6 is 0 Å². The van der Waals surface area contributed by atoms with Gasteiger partial charge in [-0.3, -0.25) is 0 Å².